The molecule has 0 saturated carbocycles. The number of methoxy groups -OCH3 is 1. The number of nitrogens with one attached hydrogen (secondary N) is 2. The Kier molecular flexibility index (Phi) is 9.56. The van der Waals surface area contributed by atoms with Gasteiger partial charge in [-0.3, -0.25) is 9.59 Å². The Bertz CT molecular complexity index is 835. The van der Waals surface area contributed by atoms with Crippen LogP contribution in [0.5, 0.6) is 0 Å². The summed E-state index contributed by atoms with van der Waals surface area (Å²) in [4.78, 5) is 26.7. The predicted molar refractivity (Wildman–Crippen MR) is 114 cm³/mol. The van der Waals surface area contributed by atoms with Crippen LogP contribution in [0.15, 0.2) is 53.4 Å². The summed E-state index contributed by atoms with van der Waals surface area (Å²) in [5, 5.41) is 5.88. The van der Waals surface area contributed by atoms with E-state index >= 15 is 0 Å². The van der Waals surface area contributed by atoms with Crippen LogP contribution in [0.3, 0.4) is 0 Å². The minimum atomic E-state index is -2.48. The van der Waals surface area contributed by atoms with Crippen LogP contribution in [0.4, 0.5) is 20.2 Å². The lowest BCUT2D eigenvalue weighted by molar-refractivity contribution is -0.121. The Hall–Kier alpha value is -2.65. The van der Waals surface area contributed by atoms with Gasteiger partial charge in [0.2, 0.25) is 5.91 Å². The van der Waals surface area contributed by atoms with E-state index in [1.165, 1.54) is 4.90 Å². The van der Waals surface area contributed by atoms with Gasteiger partial charge in [0.1, 0.15) is 0 Å². The second kappa shape index (κ2) is 12.1. The van der Waals surface area contributed by atoms with Gasteiger partial charge < -0.3 is 20.3 Å². The molecule has 6 nitrogen and oxygen atoms in total. The summed E-state index contributed by atoms with van der Waals surface area (Å²) in [6, 6.07) is 13.4. The van der Waals surface area contributed by atoms with Crippen molar-refractivity contribution in [3.8, 4) is 0 Å². The number of halogens is 2. The fourth-order valence-corrected chi connectivity index (χ4v) is 3.15. The lowest BCUT2D eigenvalue weighted by atomic mass is 10.1. The van der Waals surface area contributed by atoms with Crippen molar-refractivity contribution in [2.24, 2.45) is 0 Å². The van der Waals surface area contributed by atoms with Crippen LogP contribution >= 0.6 is 11.8 Å². The molecule has 0 aromatic heterocycles. The molecule has 0 fully saturated rings. The monoisotopic (exact) mass is 437 g/mol. The Balaban J connectivity index is 2.01. The molecule has 2 amide bonds. The Morgan fingerprint density at radius 3 is 2.50 bits per heavy atom. The number of alkyl halides is 2. The molecule has 0 aliphatic rings. The van der Waals surface area contributed by atoms with E-state index in [2.05, 4.69) is 10.6 Å². The maximum atomic E-state index is 12.8. The van der Waals surface area contributed by atoms with Crippen molar-refractivity contribution in [1.82, 2.24) is 10.2 Å². The van der Waals surface area contributed by atoms with Crippen molar-refractivity contribution >= 4 is 35.0 Å². The van der Waals surface area contributed by atoms with Gasteiger partial charge in [0.05, 0.1) is 17.8 Å². The molecule has 0 unspecified atom stereocenters. The summed E-state index contributed by atoms with van der Waals surface area (Å²) in [6.07, 6.45) is 0.696. The van der Waals surface area contributed by atoms with Crippen LogP contribution in [0.1, 0.15) is 16.8 Å². The third kappa shape index (κ3) is 7.64. The number of para-hydroxylation sites is 1. The number of carbonyl (C=O) groups excluding carboxylic acids is 2. The highest BCUT2D eigenvalue weighted by molar-refractivity contribution is 7.99. The quantitative estimate of drug-likeness (QED) is 0.411. The molecule has 0 spiro atoms. The molecule has 0 atom stereocenters. The van der Waals surface area contributed by atoms with E-state index in [0.29, 0.717) is 53.2 Å². The lowest BCUT2D eigenvalue weighted by Gasteiger charge is -2.19. The molecule has 9 heteroatoms. The van der Waals surface area contributed by atoms with E-state index in [9.17, 15) is 18.4 Å². The fraction of sp³-hybridized carbons (Fsp3) is 0.333. The number of nitrogens with zero attached hydrogens (tertiary/aromatic N) is 1. The number of ether oxygens (including phenoxy) is 1. The van der Waals surface area contributed by atoms with E-state index in [1.54, 1.807) is 62.7 Å². The summed E-state index contributed by atoms with van der Waals surface area (Å²) >= 11 is 0.472. The highest BCUT2D eigenvalue weighted by atomic mass is 32.2. The number of amides is 2. The maximum absolute atomic E-state index is 12.8. The first-order chi connectivity index (χ1) is 14.4. The zero-order chi connectivity index (χ0) is 21.9. The standard InChI is InChI=1S/C21H25F2N3O3S/c1-26(14-19(27)24-12-5-13-29-2)20(28)17-6-3-4-7-18(17)25-15-8-10-16(11-9-15)30-21(22)23/h3-4,6-11,21,25H,5,12-14H2,1-2H3,(H,24,27). The topological polar surface area (TPSA) is 70.7 Å². The van der Waals surface area contributed by atoms with Crippen molar-refractivity contribution in [1.29, 1.82) is 0 Å². The molecule has 0 saturated heterocycles. The van der Waals surface area contributed by atoms with Crippen LogP contribution < -0.4 is 10.6 Å². The number of rotatable bonds is 11. The molecule has 2 rings (SSSR count). The molecule has 0 aliphatic carbocycles. The van der Waals surface area contributed by atoms with Crippen molar-refractivity contribution in [2.75, 3.05) is 39.2 Å². The van der Waals surface area contributed by atoms with Crippen molar-refractivity contribution in [3.05, 3.63) is 54.1 Å². The fourth-order valence-electron chi connectivity index (χ4n) is 2.65. The van der Waals surface area contributed by atoms with E-state index in [1.807, 2.05) is 0 Å². The largest absolute Gasteiger partial charge is 0.385 e. The molecule has 2 aromatic carbocycles. The summed E-state index contributed by atoms with van der Waals surface area (Å²) < 4.78 is 29.8. The smallest absolute Gasteiger partial charge is 0.288 e. The Morgan fingerprint density at radius 2 is 1.83 bits per heavy atom. The zero-order valence-corrected chi connectivity index (χ0v) is 17.7. The molecule has 2 aromatic rings. The van der Waals surface area contributed by atoms with E-state index < -0.39 is 5.76 Å². The average Bonchev–Trinajstić information content (AvgIpc) is 2.72. The first kappa shape index (κ1) is 23.6. The number of carbonyl (C=O) groups is 2. The second-order valence-corrected chi connectivity index (χ2v) is 7.49. The number of hydrogen-bond acceptors (Lipinski definition) is 5. The van der Waals surface area contributed by atoms with Gasteiger partial charge in [-0.25, -0.2) is 0 Å². The van der Waals surface area contributed by atoms with Gasteiger partial charge in [-0.15, -0.1) is 0 Å². The molecular formula is C21H25F2N3O3S. The van der Waals surface area contributed by atoms with Gasteiger partial charge in [0.25, 0.3) is 11.7 Å². The van der Waals surface area contributed by atoms with Crippen LogP contribution in [0, 0.1) is 0 Å². The number of benzene rings is 2. The predicted octanol–water partition coefficient (Wildman–Crippen LogP) is 3.97. The molecule has 0 radical (unpaired) electrons. The number of anilines is 2. The van der Waals surface area contributed by atoms with Gasteiger partial charge in [0, 0.05) is 37.9 Å². The number of thioether (sulfide) groups is 1. The summed E-state index contributed by atoms with van der Waals surface area (Å²) in [5.74, 6) is -3.04. The minimum absolute atomic E-state index is 0.0697. The lowest BCUT2D eigenvalue weighted by Crippen LogP contribution is -2.39. The molecule has 0 heterocycles. The third-order valence-electron chi connectivity index (χ3n) is 4.09. The Morgan fingerprint density at radius 1 is 1.13 bits per heavy atom. The highest BCUT2D eigenvalue weighted by Crippen LogP contribution is 2.28. The van der Waals surface area contributed by atoms with E-state index in [-0.39, 0.29) is 18.4 Å². The summed E-state index contributed by atoms with van der Waals surface area (Å²) in [5.41, 5.74) is 1.62. The van der Waals surface area contributed by atoms with Crippen molar-refractivity contribution in [2.45, 2.75) is 17.1 Å². The first-order valence-electron chi connectivity index (χ1n) is 9.32. The van der Waals surface area contributed by atoms with Crippen LogP contribution in [0.25, 0.3) is 0 Å². The van der Waals surface area contributed by atoms with E-state index in [0.717, 1.165) is 0 Å². The molecule has 2 N–H and O–H groups in total. The minimum Gasteiger partial charge on any atom is -0.385 e. The molecule has 30 heavy (non-hydrogen) atoms. The normalized spacial score (nSPS) is 10.7. The highest BCUT2D eigenvalue weighted by Gasteiger charge is 2.18. The van der Waals surface area contributed by atoms with Gasteiger partial charge in [0.15, 0.2) is 0 Å². The van der Waals surface area contributed by atoms with Crippen LogP contribution in [-0.2, 0) is 9.53 Å². The van der Waals surface area contributed by atoms with Crippen LogP contribution in [-0.4, -0.2) is 56.3 Å². The molecule has 0 bridgehead atoms. The Labute approximate surface area is 179 Å². The van der Waals surface area contributed by atoms with Crippen molar-refractivity contribution in [3.63, 3.8) is 0 Å². The third-order valence-corrected chi connectivity index (χ3v) is 4.81. The molecule has 0 aliphatic heterocycles. The van der Waals surface area contributed by atoms with E-state index in [4.69, 9.17) is 4.74 Å². The number of likely N-dealkylation sites (N-methyl/N-ethyl adjacent to an activating group) is 1. The zero-order valence-electron chi connectivity index (χ0n) is 16.9. The molecular weight excluding hydrogens is 412 g/mol. The first-order valence-corrected chi connectivity index (χ1v) is 10.2. The van der Waals surface area contributed by atoms with Gasteiger partial charge in [-0.1, -0.05) is 23.9 Å². The SMILES string of the molecule is COCCCNC(=O)CN(C)C(=O)c1ccccc1Nc1ccc(SC(F)F)cc1. The number of hydrogen-bond donors (Lipinski definition) is 2. The van der Waals surface area contributed by atoms with Gasteiger partial charge in [-0.05, 0) is 42.8 Å². The van der Waals surface area contributed by atoms with Gasteiger partial charge in [-0.2, -0.15) is 8.78 Å². The second-order valence-electron chi connectivity index (χ2n) is 6.43. The molecule has 162 valence electrons. The van der Waals surface area contributed by atoms with Crippen molar-refractivity contribution < 1.29 is 23.1 Å². The maximum Gasteiger partial charge on any atom is 0.288 e. The van der Waals surface area contributed by atoms with Gasteiger partial charge >= 0.3 is 0 Å². The average molecular weight is 438 g/mol. The summed E-state index contributed by atoms with van der Waals surface area (Å²) in [7, 11) is 3.15. The summed E-state index contributed by atoms with van der Waals surface area (Å²) in [6.45, 7) is 0.961. The van der Waals surface area contributed by atoms with Crippen LogP contribution in [0.2, 0.25) is 0 Å².